The zero-order valence-corrected chi connectivity index (χ0v) is 32.2. The maximum Gasteiger partial charge on any atom is 0.243 e. The molecular weight excluding hydrogens is 674 g/mol. The second-order valence-electron chi connectivity index (χ2n) is 15.4. The Morgan fingerprint density at radius 2 is 1.28 bits per heavy atom. The number of nitrogens with zero attached hydrogens (tertiary/aromatic N) is 1. The number of carbonyl (C=O) groups excluding carboxylic acids is 5. The molecular formula is C41H59N5O7. The summed E-state index contributed by atoms with van der Waals surface area (Å²) >= 11 is 0. The first kappa shape index (κ1) is 41.6. The molecule has 0 radical (unpaired) electrons. The quantitative estimate of drug-likeness (QED) is 0.151. The van der Waals surface area contributed by atoms with Gasteiger partial charge in [0.05, 0.1) is 32.4 Å². The molecule has 2 aromatic carbocycles. The number of nitrogens with one attached hydrogen (secondary N) is 4. The molecule has 2 aliphatic rings. The molecule has 0 aromatic heterocycles. The first-order chi connectivity index (χ1) is 25.3. The van der Waals surface area contributed by atoms with Gasteiger partial charge in [0, 0.05) is 19.5 Å². The highest BCUT2D eigenvalue weighted by molar-refractivity contribution is 5.99. The van der Waals surface area contributed by atoms with E-state index >= 15 is 0 Å². The first-order valence-corrected chi connectivity index (χ1v) is 19.0. The number of Topliss-reactive ketones (excluding diaryl/α,β-unsaturated/α-hetero) is 1. The normalized spacial score (nSPS) is 20.1. The van der Waals surface area contributed by atoms with Crippen LogP contribution < -0.4 is 21.3 Å². The van der Waals surface area contributed by atoms with Crippen molar-refractivity contribution in [1.29, 1.82) is 0 Å². The van der Waals surface area contributed by atoms with Crippen molar-refractivity contribution in [2.45, 2.75) is 97.0 Å². The van der Waals surface area contributed by atoms with Crippen LogP contribution in [-0.2, 0) is 46.3 Å². The molecule has 5 unspecified atom stereocenters. The summed E-state index contributed by atoms with van der Waals surface area (Å²) < 4.78 is 10.9. The summed E-state index contributed by atoms with van der Waals surface area (Å²) in [5.74, 6) is -2.07. The minimum atomic E-state index is -1.04. The number of carbonyl (C=O) groups is 5. The topological polar surface area (TPSA) is 158 Å². The fourth-order valence-corrected chi connectivity index (χ4v) is 6.39. The van der Waals surface area contributed by atoms with Gasteiger partial charge in [-0.25, -0.2) is 0 Å². The van der Waals surface area contributed by atoms with Gasteiger partial charge in [-0.15, -0.1) is 0 Å². The number of benzene rings is 2. The molecule has 0 saturated carbocycles. The molecule has 2 saturated heterocycles. The number of epoxide rings is 1. The van der Waals surface area contributed by atoms with Crippen LogP contribution in [0.15, 0.2) is 60.7 Å². The Kier molecular flexibility index (Phi) is 15.6. The molecule has 4 N–H and O–H groups in total. The molecule has 2 aliphatic heterocycles. The monoisotopic (exact) mass is 733 g/mol. The van der Waals surface area contributed by atoms with E-state index in [4.69, 9.17) is 9.47 Å². The predicted octanol–water partition coefficient (Wildman–Crippen LogP) is 2.83. The molecule has 2 heterocycles. The van der Waals surface area contributed by atoms with E-state index < -0.39 is 47.5 Å². The van der Waals surface area contributed by atoms with Crippen molar-refractivity contribution < 1.29 is 33.4 Å². The van der Waals surface area contributed by atoms with Crippen LogP contribution in [0.5, 0.6) is 0 Å². The van der Waals surface area contributed by atoms with Crippen LogP contribution in [-0.4, -0.2) is 104 Å². The van der Waals surface area contributed by atoms with Gasteiger partial charge in [0.25, 0.3) is 0 Å². The van der Waals surface area contributed by atoms with Crippen LogP contribution in [0.2, 0.25) is 0 Å². The number of hydrogen-bond acceptors (Lipinski definition) is 8. The van der Waals surface area contributed by atoms with Gasteiger partial charge >= 0.3 is 0 Å². The van der Waals surface area contributed by atoms with Gasteiger partial charge in [0.15, 0.2) is 5.78 Å². The van der Waals surface area contributed by atoms with E-state index in [2.05, 4.69) is 21.3 Å². The van der Waals surface area contributed by atoms with Crippen molar-refractivity contribution >= 4 is 29.4 Å². The zero-order valence-electron chi connectivity index (χ0n) is 32.2. The maximum atomic E-state index is 14.1. The molecule has 4 rings (SSSR count). The fourth-order valence-electron chi connectivity index (χ4n) is 6.39. The third kappa shape index (κ3) is 13.0. The van der Waals surface area contributed by atoms with Crippen molar-refractivity contribution in [3.63, 3.8) is 0 Å². The molecule has 6 atom stereocenters. The second-order valence-corrected chi connectivity index (χ2v) is 15.4. The summed E-state index contributed by atoms with van der Waals surface area (Å²) in [4.78, 5) is 70.9. The lowest BCUT2D eigenvalue weighted by atomic mass is 9.84. The van der Waals surface area contributed by atoms with E-state index in [0.29, 0.717) is 52.2 Å². The summed E-state index contributed by atoms with van der Waals surface area (Å²) in [7, 11) is 0. The molecule has 0 aliphatic carbocycles. The molecule has 4 amide bonds. The Hall–Kier alpha value is -4.13. The minimum Gasteiger partial charge on any atom is -0.379 e. The Morgan fingerprint density at radius 3 is 1.85 bits per heavy atom. The summed E-state index contributed by atoms with van der Waals surface area (Å²) in [6.45, 7) is 14.3. The van der Waals surface area contributed by atoms with Crippen LogP contribution in [0, 0.1) is 17.8 Å². The van der Waals surface area contributed by atoms with Gasteiger partial charge in [0.2, 0.25) is 23.6 Å². The largest absolute Gasteiger partial charge is 0.379 e. The van der Waals surface area contributed by atoms with Crippen molar-refractivity contribution in [2.24, 2.45) is 17.8 Å². The smallest absolute Gasteiger partial charge is 0.243 e. The van der Waals surface area contributed by atoms with Gasteiger partial charge in [0.1, 0.15) is 23.7 Å². The number of ketones is 1. The zero-order chi connectivity index (χ0) is 38.5. The molecule has 2 aromatic rings. The van der Waals surface area contributed by atoms with E-state index in [1.54, 1.807) is 6.92 Å². The lowest BCUT2D eigenvalue weighted by molar-refractivity contribution is -0.136. The number of hydrogen-bond donors (Lipinski definition) is 4. The van der Waals surface area contributed by atoms with Gasteiger partial charge < -0.3 is 30.7 Å². The van der Waals surface area contributed by atoms with Crippen LogP contribution in [0.25, 0.3) is 0 Å². The molecule has 12 nitrogen and oxygen atoms in total. The Labute approximate surface area is 314 Å². The van der Waals surface area contributed by atoms with E-state index in [1.165, 1.54) is 0 Å². The predicted molar refractivity (Wildman–Crippen MR) is 203 cm³/mol. The van der Waals surface area contributed by atoms with Crippen molar-refractivity contribution in [2.75, 3.05) is 39.5 Å². The Morgan fingerprint density at radius 1 is 0.736 bits per heavy atom. The average molecular weight is 734 g/mol. The van der Waals surface area contributed by atoms with E-state index in [0.717, 1.165) is 11.1 Å². The number of ether oxygens (including phenoxy) is 2. The van der Waals surface area contributed by atoms with Crippen LogP contribution in [0.1, 0.15) is 65.5 Å². The SMILES string of the molecule is CC(C)CC(NC(=O)C(CCc1ccccc1)NC(=O)CN1CCOCC1)C(=O)NC(Cc1ccccc1)C(=O)NC(C(=O)C1(C)CO1)[C@@H](C)C(C)C. The van der Waals surface area contributed by atoms with E-state index in [9.17, 15) is 24.0 Å². The highest BCUT2D eigenvalue weighted by Gasteiger charge is 2.51. The summed E-state index contributed by atoms with van der Waals surface area (Å²) in [6, 6.07) is 15.3. The molecule has 0 bridgehead atoms. The first-order valence-electron chi connectivity index (χ1n) is 19.0. The highest BCUT2D eigenvalue weighted by Crippen LogP contribution is 2.31. The number of aryl methyl sites for hydroxylation is 1. The molecule has 53 heavy (non-hydrogen) atoms. The van der Waals surface area contributed by atoms with Crippen molar-refractivity contribution in [1.82, 2.24) is 26.2 Å². The summed E-state index contributed by atoms with van der Waals surface area (Å²) in [5, 5.41) is 11.7. The van der Waals surface area contributed by atoms with Crippen LogP contribution in [0.3, 0.4) is 0 Å². The number of rotatable bonds is 20. The summed E-state index contributed by atoms with van der Waals surface area (Å²) in [6.07, 6.45) is 1.33. The molecule has 2 fully saturated rings. The standard InChI is InChI=1S/C41H59N5O7/c1-27(2)23-33(43-38(49)32(18-17-30-13-9-7-10-14-30)42-35(47)25-46-19-21-52-22-20-46)39(50)44-34(24-31-15-11-8-12-16-31)40(51)45-36(29(5)28(3)4)37(48)41(6)26-53-41/h7-16,27-29,32-34,36H,17-26H2,1-6H3,(H,42,47)(H,43,49)(H,44,50)(H,45,51)/t29-,32?,33?,34?,36?,41?/m0/s1. The third-order valence-electron chi connectivity index (χ3n) is 10.2. The lowest BCUT2D eigenvalue weighted by Crippen LogP contribution is -2.60. The minimum absolute atomic E-state index is 0.0132. The number of morpholine rings is 1. The van der Waals surface area contributed by atoms with Crippen molar-refractivity contribution in [3.8, 4) is 0 Å². The molecule has 290 valence electrons. The van der Waals surface area contributed by atoms with Gasteiger partial charge in [-0.1, -0.05) is 95.3 Å². The molecule has 0 spiro atoms. The Bertz CT molecular complexity index is 1510. The second kappa shape index (κ2) is 19.8. The maximum absolute atomic E-state index is 14.1. The summed E-state index contributed by atoms with van der Waals surface area (Å²) in [5.41, 5.74) is 0.893. The van der Waals surface area contributed by atoms with Crippen LogP contribution >= 0.6 is 0 Å². The average Bonchev–Trinajstić information content (AvgIpc) is 3.90. The lowest BCUT2D eigenvalue weighted by Gasteiger charge is -2.31. The van der Waals surface area contributed by atoms with Gasteiger partial charge in [-0.3, -0.25) is 28.9 Å². The van der Waals surface area contributed by atoms with Crippen LogP contribution in [0.4, 0.5) is 0 Å². The highest BCUT2D eigenvalue weighted by atomic mass is 16.6. The third-order valence-corrected chi connectivity index (χ3v) is 10.2. The van der Waals surface area contributed by atoms with Gasteiger partial charge in [-0.2, -0.15) is 0 Å². The van der Waals surface area contributed by atoms with E-state index in [1.807, 2.05) is 100 Å². The fraction of sp³-hybridized carbons (Fsp3) is 0.585. The van der Waals surface area contributed by atoms with Gasteiger partial charge in [-0.05, 0) is 55.1 Å². The molecule has 12 heteroatoms. The number of amides is 4. The van der Waals surface area contributed by atoms with Crippen molar-refractivity contribution in [3.05, 3.63) is 71.8 Å². The van der Waals surface area contributed by atoms with E-state index in [-0.39, 0.29) is 42.4 Å². The Balaban J connectivity index is 1.53.